The van der Waals surface area contributed by atoms with Gasteiger partial charge in [-0.1, -0.05) is 19.9 Å². The highest BCUT2D eigenvalue weighted by molar-refractivity contribution is 5.72. The molecule has 0 aliphatic rings. The molecule has 98 valence electrons. The highest BCUT2D eigenvalue weighted by atomic mass is 19.4. The fourth-order valence-corrected chi connectivity index (χ4v) is 0.715. The average molecular weight is 249 g/mol. The lowest BCUT2D eigenvalue weighted by Crippen LogP contribution is -2.04. The van der Waals surface area contributed by atoms with Gasteiger partial charge >= 0.3 is 6.18 Å². The summed E-state index contributed by atoms with van der Waals surface area (Å²) in [4.78, 5) is 9.44. The number of nitrogens with two attached hydrogens (primary N) is 1. The first-order valence-electron chi connectivity index (χ1n) is 5.13. The quantitative estimate of drug-likeness (QED) is 0.708. The van der Waals surface area contributed by atoms with Gasteiger partial charge in [0.15, 0.2) is 0 Å². The molecule has 0 fully saturated rings. The molecule has 1 aromatic carbocycles. The molecule has 0 amide bonds. The van der Waals surface area contributed by atoms with Crippen LogP contribution in [0.25, 0.3) is 0 Å². The first kappa shape index (κ1) is 17.9. The monoisotopic (exact) mass is 249 g/mol. The number of alkyl halides is 3. The van der Waals surface area contributed by atoms with Gasteiger partial charge in [-0.05, 0) is 32.0 Å². The van der Waals surface area contributed by atoms with Gasteiger partial charge < -0.3 is 10.5 Å². The van der Waals surface area contributed by atoms with Crippen molar-refractivity contribution < 1.29 is 18.0 Å². The first-order chi connectivity index (χ1) is 7.73. The maximum atomic E-state index is 11.9. The number of carbonyl (C=O) groups excluding carboxylic acids is 1. The molecule has 0 bridgehead atoms. The maximum absolute atomic E-state index is 11.9. The van der Waals surface area contributed by atoms with E-state index >= 15 is 0 Å². The molecule has 17 heavy (non-hydrogen) atoms. The van der Waals surface area contributed by atoms with Gasteiger partial charge in [0.05, 0.1) is 5.56 Å². The largest absolute Gasteiger partial charge is 0.416 e. The number of benzene rings is 1. The van der Waals surface area contributed by atoms with E-state index in [4.69, 9.17) is 5.73 Å². The van der Waals surface area contributed by atoms with E-state index in [1.54, 1.807) is 0 Å². The van der Waals surface area contributed by atoms with Crippen LogP contribution < -0.4 is 5.73 Å². The average Bonchev–Trinajstić information content (AvgIpc) is 2.18. The summed E-state index contributed by atoms with van der Waals surface area (Å²) in [5.41, 5.74) is 4.57. The summed E-state index contributed by atoms with van der Waals surface area (Å²) in [5, 5.41) is 0. The third kappa shape index (κ3) is 10.8. The van der Waals surface area contributed by atoms with Crippen LogP contribution in [-0.2, 0) is 11.0 Å². The first-order valence-corrected chi connectivity index (χ1v) is 5.13. The Kier molecular flexibility index (Phi) is 9.05. The van der Waals surface area contributed by atoms with Crippen LogP contribution in [0.2, 0.25) is 0 Å². The Morgan fingerprint density at radius 3 is 1.82 bits per heavy atom. The summed E-state index contributed by atoms with van der Waals surface area (Å²) in [6.07, 6.45) is -4.30. The van der Waals surface area contributed by atoms with Gasteiger partial charge in [0.1, 0.15) is 5.78 Å². The molecule has 0 spiro atoms. The van der Waals surface area contributed by atoms with Gasteiger partial charge in [0.2, 0.25) is 0 Å². The Balaban J connectivity index is 0. The fraction of sp³-hybridized carbons (Fsp3) is 0.417. The van der Waals surface area contributed by atoms with E-state index in [9.17, 15) is 18.0 Å². The molecule has 0 aliphatic heterocycles. The molecule has 1 aromatic rings. The number of hydrogen-bond acceptors (Lipinski definition) is 2. The molecule has 0 saturated heterocycles. The second-order valence-electron chi connectivity index (χ2n) is 3.03. The van der Waals surface area contributed by atoms with Crippen molar-refractivity contribution in [1.29, 1.82) is 0 Å². The number of nitrogen functional groups attached to an aromatic ring is 1. The minimum absolute atomic E-state index is 0.125. The number of carbonyl (C=O) groups is 1. The molecule has 0 unspecified atom stereocenters. The smallest absolute Gasteiger partial charge is 0.399 e. The molecule has 5 heteroatoms. The SMILES string of the molecule is CC.CC(C)=O.Nc1cccc(C(F)(F)F)c1. The molecule has 0 radical (unpaired) electrons. The van der Waals surface area contributed by atoms with Gasteiger partial charge in [-0.25, -0.2) is 0 Å². The Labute approximate surface area is 99.6 Å². The Morgan fingerprint density at radius 2 is 1.59 bits per heavy atom. The summed E-state index contributed by atoms with van der Waals surface area (Å²) < 4.78 is 35.7. The normalized spacial score (nSPS) is 9.35. The molecule has 1 rings (SSSR count). The third-order valence-corrected chi connectivity index (χ3v) is 1.21. The number of Topliss-reactive ketones (excluding diaryl/α,β-unsaturated/α-hetero) is 1. The summed E-state index contributed by atoms with van der Waals surface area (Å²) in [7, 11) is 0. The predicted molar refractivity (Wildman–Crippen MR) is 63.6 cm³/mol. The predicted octanol–water partition coefficient (Wildman–Crippen LogP) is 3.91. The van der Waals surface area contributed by atoms with Crippen molar-refractivity contribution in [2.24, 2.45) is 0 Å². The van der Waals surface area contributed by atoms with Crippen molar-refractivity contribution >= 4 is 11.5 Å². The molecule has 0 heterocycles. The summed E-state index contributed by atoms with van der Waals surface area (Å²) >= 11 is 0. The summed E-state index contributed by atoms with van der Waals surface area (Å²) in [5.74, 6) is 0.167. The zero-order valence-electron chi connectivity index (χ0n) is 10.4. The zero-order chi connectivity index (χ0) is 14.1. The van der Waals surface area contributed by atoms with Crippen molar-refractivity contribution in [1.82, 2.24) is 0 Å². The number of anilines is 1. The van der Waals surface area contributed by atoms with Crippen LogP contribution in [0.4, 0.5) is 18.9 Å². The van der Waals surface area contributed by atoms with E-state index in [-0.39, 0.29) is 11.5 Å². The van der Waals surface area contributed by atoms with Crippen LogP contribution in [0.3, 0.4) is 0 Å². The van der Waals surface area contributed by atoms with Crippen LogP contribution >= 0.6 is 0 Å². The van der Waals surface area contributed by atoms with Gasteiger partial charge in [-0.15, -0.1) is 0 Å². The Bertz CT molecular complexity index is 331. The van der Waals surface area contributed by atoms with Crippen molar-refractivity contribution in [2.45, 2.75) is 33.9 Å². The number of hydrogen-bond donors (Lipinski definition) is 1. The van der Waals surface area contributed by atoms with Crippen LogP contribution in [0.5, 0.6) is 0 Å². The van der Waals surface area contributed by atoms with Crippen LogP contribution in [-0.4, -0.2) is 5.78 Å². The van der Waals surface area contributed by atoms with E-state index in [0.717, 1.165) is 12.1 Å². The molecule has 0 aliphatic carbocycles. The van der Waals surface area contributed by atoms with Crippen molar-refractivity contribution in [3.05, 3.63) is 29.8 Å². The van der Waals surface area contributed by atoms with E-state index in [2.05, 4.69) is 0 Å². The van der Waals surface area contributed by atoms with E-state index in [0.29, 0.717) is 0 Å². The van der Waals surface area contributed by atoms with Gasteiger partial charge in [-0.3, -0.25) is 0 Å². The minimum atomic E-state index is -4.30. The number of ketones is 1. The lowest BCUT2D eigenvalue weighted by molar-refractivity contribution is -0.137. The zero-order valence-corrected chi connectivity index (χ0v) is 10.4. The molecule has 0 aromatic heterocycles. The lowest BCUT2D eigenvalue weighted by atomic mass is 10.2. The second-order valence-corrected chi connectivity index (χ2v) is 3.03. The molecule has 0 atom stereocenters. The third-order valence-electron chi connectivity index (χ3n) is 1.21. The Hall–Kier alpha value is -1.52. The van der Waals surface area contributed by atoms with E-state index in [1.165, 1.54) is 26.0 Å². The molecule has 2 nitrogen and oxygen atoms in total. The molecular formula is C12H18F3NO. The topological polar surface area (TPSA) is 43.1 Å². The van der Waals surface area contributed by atoms with E-state index < -0.39 is 11.7 Å². The van der Waals surface area contributed by atoms with Crippen LogP contribution in [0.1, 0.15) is 33.3 Å². The molecule has 2 N–H and O–H groups in total. The maximum Gasteiger partial charge on any atom is 0.416 e. The van der Waals surface area contributed by atoms with Gasteiger partial charge in [0, 0.05) is 5.69 Å². The number of rotatable bonds is 0. The Morgan fingerprint density at radius 1 is 1.18 bits per heavy atom. The van der Waals surface area contributed by atoms with Crippen molar-refractivity contribution in [3.8, 4) is 0 Å². The van der Waals surface area contributed by atoms with Gasteiger partial charge in [-0.2, -0.15) is 13.2 Å². The van der Waals surface area contributed by atoms with Crippen molar-refractivity contribution in [3.63, 3.8) is 0 Å². The standard InChI is InChI=1S/C7H6F3N.C3H6O.C2H6/c8-7(9,10)5-2-1-3-6(11)4-5;1-3(2)4;1-2/h1-4H,11H2;1-2H3;1-2H3. The number of halogens is 3. The highest BCUT2D eigenvalue weighted by Gasteiger charge is 2.30. The summed E-state index contributed by atoms with van der Waals surface area (Å²) in [6.45, 7) is 7.06. The lowest BCUT2D eigenvalue weighted by Gasteiger charge is -2.05. The van der Waals surface area contributed by atoms with E-state index in [1.807, 2.05) is 13.8 Å². The van der Waals surface area contributed by atoms with Crippen LogP contribution in [0.15, 0.2) is 24.3 Å². The van der Waals surface area contributed by atoms with Crippen molar-refractivity contribution in [2.75, 3.05) is 5.73 Å². The second kappa shape index (κ2) is 8.61. The highest BCUT2D eigenvalue weighted by Crippen LogP contribution is 2.29. The van der Waals surface area contributed by atoms with Gasteiger partial charge in [0.25, 0.3) is 0 Å². The summed E-state index contributed by atoms with van der Waals surface area (Å²) in [6, 6.07) is 4.57. The minimum Gasteiger partial charge on any atom is -0.399 e. The van der Waals surface area contributed by atoms with Crippen LogP contribution in [0, 0.1) is 0 Å². The fourth-order valence-electron chi connectivity index (χ4n) is 0.715. The molecular weight excluding hydrogens is 231 g/mol. The molecule has 0 saturated carbocycles.